The normalized spacial score (nSPS) is 10.8. The topological polar surface area (TPSA) is 104 Å². The fraction of sp³-hybridized carbons (Fsp3) is 0.652. The van der Waals surface area contributed by atoms with Gasteiger partial charge < -0.3 is 20.1 Å². The highest BCUT2D eigenvalue weighted by atomic mass is 16.6. The number of carbonyl (C=O) groups excluding carboxylic acids is 2. The molecule has 0 amide bonds. The van der Waals surface area contributed by atoms with Crippen LogP contribution in [0.3, 0.4) is 0 Å². The molecule has 0 aliphatic heterocycles. The van der Waals surface area contributed by atoms with Crippen LogP contribution in [0, 0.1) is 0 Å². The van der Waals surface area contributed by atoms with Crippen molar-refractivity contribution in [1.29, 1.82) is 0 Å². The predicted molar refractivity (Wildman–Crippen MR) is 112 cm³/mol. The molecule has 164 valence electrons. The van der Waals surface area contributed by atoms with Crippen molar-refractivity contribution >= 4 is 11.9 Å². The summed E-state index contributed by atoms with van der Waals surface area (Å²) >= 11 is 0. The van der Waals surface area contributed by atoms with Crippen molar-refractivity contribution in [1.82, 2.24) is 0 Å². The van der Waals surface area contributed by atoms with Crippen molar-refractivity contribution in [3.05, 3.63) is 17.7 Å². The van der Waals surface area contributed by atoms with Gasteiger partial charge >= 0.3 is 11.9 Å². The fourth-order valence-electron chi connectivity index (χ4n) is 3.22. The molecule has 0 radical (unpaired) electrons. The summed E-state index contributed by atoms with van der Waals surface area (Å²) in [6, 6.07) is 1.88. The van der Waals surface area contributed by atoms with Crippen LogP contribution in [-0.2, 0) is 9.53 Å². The molecular weight excluding hydrogens is 372 g/mol. The van der Waals surface area contributed by atoms with Gasteiger partial charge in [0.15, 0.2) is 17.2 Å². The highest BCUT2D eigenvalue weighted by Crippen LogP contribution is 2.35. The predicted octanol–water partition coefficient (Wildman–Crippen LogP) is 5.97. The lowest BCUT2D eigenvalue weighted by Gasteiger charge is -2.06. The second-order valence-electron chi connectivity index (χ2n) is 7.62. The van der Waals surface area contributed by atoms with Crippen LogP contribution in [0.1, 0.15) is 107 Å². The molecule has 1 aromatic rings. The van der Waals surface area contributed by atoms with Gasteiger partial charge in [-0.1, -0.05) is 84.0 Å². The van der Waals surface area contributed by atoms with Gasteiger partial charge in [-0.25, -0.2) is 4.79 Å². The van der Waals surface area contributed by atoms with E-state index >= 15 is 0 Å². The van der Waals surface area contributed by atoms with Gasteiger partial charge in [-0.15, -0.1) is 0 Å². The number of esters is 2. The third-order valence-electron chi connectivity index (χ3n) is 5.00. The van der Waals surface area contributed by atoms with E-state index in [2.05, 4.69) is 6.92 Å². The minimum atomic E-state index is -0.963. The van der Waals surface area contributed by atoms with Crippen LogP contribution in [0.25, 0.3) is 0 Å². The highest BCUT2D eigenvalue weighted by molar-refractivity contribution is 5.97. The van der Waals surface area contributed by atoms with Gasteiger partial charge in [-0.2, -0.15) is 0 Å². The van der Waals surface area contributed by atoms with Crippen LogP contribution >= 0.6 is 0 Å². The van der Waals surface area contributed by atoms with Gasteiger partial charge in [0.1, 0.15) is 0 Å². The number of phenols is 3. The molecule has 3 N–H and O–H groups in total. The Morgan fingerprint density at radius 2 is 1.14 bits per heavy atom. The number of ether oxygens (including phenoxy) is 1. The Hall–Kier alpha value is -2.24. The van der Waals surface area contributed by atoms with Crippen molar-refractivity contribution < 1.29 is 29.6 Å². The van der Waals surface area contributed by atoms with Crippen LogP contribution in [0.5, 0.6) is 17.2 Å². The van der Waals surface area contributed by atoms with E-state index in [9.17, 15) is 24.9 Å². The summed E-state index contributed by atoms with van der Waals surface area (Å²) in [5.41, 5.74) is -0.198. The van der Waals surface area contributed by atoms with Crippen LogP contribution in [0.15, 0.2) is 12.1 Å². The number of unbranched alkanes of at least 4 members (excludes halogenated alkanes) is 12. The molecule has 6 heteroatoms. The second kappa shape index (κ2) is 14.7. The minimum absolute atomic E-state index is 0.152. The molecule has 0 fully saturated rings. The molecule has 0 atom stereocenters. The summed E-state index contributed by atoms with van der Waals surface area (Å²) in [5.74, 6) is -3.62. The zero-order valence-electron chi connectivity index (χ0n) is 17.6. The fourth-order valence-corrected chi connectivity index (χ4v) is 3.22. The van der Waals surface area contributed by atoms with Crippen molar-refractivity contribution in [2.24, 2.45) is 0 Å². The molecule has 0 saturated heterocycles. The molecule has 0 aliphatic rings. The third-order valence-corrected chi connectivity index (χ3v) is 5.00. The van der Waals surface area contributed by atoms with Crippen molar-refractivity contribution in [3.63, 3.8) is 0 Å². The Morgan fingerprint density at radius 1 is 0.724 bits per heavy atom. The first-order valence-electron chi connectivity index (χ1n) is 11.0. The summed E-state index contributed by atoms with van der Waals surface area (Å²) in [6.07, 6.45) is 15.8. The van der Waals surface area contributed by atoms with E-state index in [0.29, 0.717) is 6.42 Å². The number of carbonyl (C=O) groups is 2. The molecule has 0 heterocycles. The van der Waals surface area contributed by atoms with E-state index in [0.717, 1.165) is 31.4 Å². The molecule has 0 unspecified atom stereocenters. The van der Waals surface area contributed by atoms with Gasteiger partial charge in [0.25, 0.3) is 0 Å². The molecule has 1 aromatic carbocycles. The average Bonchev–Trinajstić information content (AvgIpc) is 2.69. The van der Waals surface area contributed by atoms with E-state index in [4.69, 9.17) is 4.74 Å². The molecule has 1 rings (SSSR count). The summed E-state index contributed by atoms with van der Waals surface area (Å²) in [4.78, 5) is 23.6. The molecule has 0 spiro atoms. The van der Waals surface area contributed by atoms with Crippen LogP contribution in [0.2, 0.25) is 0 Å². The molecule has 0 saturated carbocycles. The number of aromatic hydroxyl groups is 3. The largest absolute Gasteiger partial charge is 0.504 e. The number of hydrogen-bond donors (Lipinski definition) is 3. The molecule has 6 nitrogen and oxygen atoms in total. The lowest BCUT2D eigenvalue weighted by Crippen LogP contribution is -2.12. The first-order chi connectivity index (χ1) is 14.0. The van der Waals surface area contributed by atoms with Gasteiger partial charge in [0.05, 0.1) is 5.56 Å². The first-order valence-corrected chi connectivity index (χ1v) is 11.0. The summed E-state index contributed by atoms with van der Waals surface area (Å²) < 4.78 is 4.71. The van der Waals surface area contributed by atoms with Crippen LogP contribution in [-0.4, -0.2) is 27.3 Å². The average molecular weight is 409 g/mol. The smallest absolute Gasteiger partial charge is 0.346 e. The van der Waals surface area contributed by atoms with E-state index in [1.807, 2.05) is 0 Å². The van der Waals surface area contributed by atoms with Crippen molar-refractivity contribution in [2.45, 2.75) is 96.8 Å². The van der Waals surface area contributed by atoms with E-state index in [-0.39, 0.29) is 12.0 Å². The van der Waals surface area contributed by atoms with E-state index in [1.165, 1.54) is 57.8 Å². The summed E-state index contributed by atoms with van der Waals surface area (Å²) in [7, 11) is 0. The Bertz CT molecular complexity index is 603. The van der Waals surface area contributed by atoms with Gasteiger partial charge in [0.2, 0.25) is 0 Å². The van der Waals surface area contributed by atoms with E-state index < -0.39 is 29.2 Å². The molecular formula is C23H36O6. The van der Waals surface area contributed by atoms with Gasteiger partial charge in [0, 0.05) is 6.42 Å². The quantitative estimate of drug-likeness (QED) is 0.143. The lowest BCUT2D eigenvalue weighted by atomic mass is 10.0. The Kier molecular flexibility index (Phi) is 12.6. The molecule has 29 heavy (non-hydrogen) atoms. The standard InChI is InChI=1S/C23H36O6/c1-2-3-4-5-6-7-8-9-10-11-12-13-14-15-21(26)29-23(28)18-16-19(24)22(27)20(25)17-18/h16-17,24-25,27H,2-15H2,1H3. The Morgan fingerprint density at radius 3 is 1.59 bits per heavy atom. The Balaban J connectivity index is 2.04. The zero-order valence-corrected chi connectivity index (χ0v) is 17.6. The summed E-state index contributed by atoms with van der Waals surface area (Å²) in [6.45, 7) is 2.24. The maximum atomic E-state index is 11.9. The minimum Gasteiger partial charge on any atom is -0.504 e. The number of hydrogen-bond acceptors (Lipinski definition) is 6. The van der Waals surface area contributed by atoms with Crippen LogP contribution in [0.4, 0.5) is 0 Å². The number of benzene rings is 1. The SMILES string of the molecule is CCCCCCCCCCCCCCCC(=O)OC(=O)c1cc(O)c(O)c(O)c1. The third kappa shape index (κ3) is 10.8. The maximum absolute atomic E-state index is 11.9. The number of phenolic OH excluding ortho intramolecular Hbond substituents is 3. The second-order valence-corrected chi connectivity index (χ2v) is 7.62. The van der Waals surface area contributed by atoms with Crippen molar-refractivity contribution in [3.8, 4) is 17.2 Å². The monoisotopic (exact) mass is 408 g/mol. The molecule has 0 bridgehead atoms. The van der Waals surface area contributed by atoms with Gasteiger partial charge in [-0.3, -0.25) is 4.79 Å². The van der Waals surface area contributed by atoms with Crippen molar-refractivity contribution in [2.75, 3.05) is 0 Å². The number of rotatable bonds is 15. The van der Waals surface area contributed by atoms with E-state index in [1.54, 1.807) is 0 Å². The lowest BCUT2D eigenvalue weighted by molar-refractivity contribution is -0.138. The molecule has 0 aliphatic carbocycles. The van der Waals surface area contributed by atoms with Gasteiger partial charge in [-0.05, 0) is 18.6 Å². The highest BCUT2D eigenvalue weighted by Gasteiger charge is 2.17. The Labute approximate surface area is 173 Å². The summed E-state index contributed by atoms with van der Waals surface area (Å²) in [5, 5.41) is 28.1. The van der Waals surface area contributed by atoms with Crippen LogP contribution < -0.4 is 0 Å². The molecule has 0 aromatic heterocycles. The first kappa shape index (κ1) is 24.8. The maximum Gasteiger partial charge on any atom is 0.346 e. The zero-order chi connectivity index (χ0) is 21.5.